The Morgan fingerprint density at radius 1 is 1.21 bits per heavy atom. The molecule has 4 N–H and O–H groups in total. The molecule has 9 heteroatoms. The molecule has 1 aliphatic rings. The lowest BCUT2D eigenvalue weighted by atomic mass is 10.1. The van der Waals surface area contributed by atoms with Gasteiger partial charge in [0.1, 0.15) is 12.2 Å². The lowest BCUT2D eigenvalue weighted by molar-refractivity contribution is 0.495. The molecule has 0 radical (unpaired) electrons. The highest BCUT2D eigenvalue weighted by atomic mass is 15.3. The van der Waals surface area contributed by atoms with Gasteiger partial charge in [-0.15, -0.1) is 0 Å². The summed E-state index contributed by atoms with van der Waals surface area (Å²) < 4.78 is 0. The number of nitrogens with one attached hydrogen (secondary N) is 2. The van der Waals surface area contributed by atoms with Crippen molar-refractivity contribution < 1.29 is 0 Å². The van der Waals surface area contributed by atoms with Crippen molar-refractivity contribution in [3.05, 3.63) is 18.0 Å². The van der Waals surface area contributed by atoms with Gasteiger partial charge < -0.3 is 16.0 Å². The predicted molar refractivity (Wildman–Crippen MR) is 91.8 cm³/mol. The maximum Gasteiger partial charge on any atom is 0.230 e. The van der Waals surface area contributed by atoms with Gasteiger partial charge in [-0.05, 0) is 19.8 Å². The van der Waals surface area contributed by atoms with E-state index in [0.29, 0.717) is 11.9 Å². The van der Waals surface area contributed by atoms with Crippen LogP contribution in [-0.2, 0) is 0 Å². The highest BCUT2D eigenvalue weighted by Gasteiger charge is 2.19. The zero-order valence-electron chi connectivity index (χ0n) is 14.4. The molecule has 1 fully saturated rings. The molecule has 0 bridgehead atoms. The van der Waals surface area contributed by atoms with Crippen LogP contribution in [0.1, 0.15) is 57.2 Å². The number of hydrogen-bond acceptors (Lipinski definition) is 8. The van der Waals surface area contributed by atoms with Crippen LogP contribution in [0.5, 0.6) is 0 Å². The molecule has 0 aromatic carbocycles. The molecule has 1 unspecified atom stereocenters. The summed E-state index contributed by atoms with van der Waals surface area (Å²) in [6, 6.07) is 0.206. The summed E-state index contributed by atoms with van der Waals surface area (Å²) in [5, 5.41) is 10.4. The number of hydrogen-bond donors (Lipinski definition) is 3. The Balaban J connectivity index is 1.67. The van der Waals surface area contributed by atoms with E-state index >= 15 is 0 Å². The Hall–Kier alpha value is -2.29. The number of H-pyrrole nitrogens is 1. The molecular weight excluding hydrogens is 306 g/mol. The lowest BCUT2D eigenvalue weighted by Gasteiger charge is -2.30. The van der Waals surface area contributed by atoms with E-state index < -0.39 is 0 Å². The van der Waals surface area contributed by atoms with Crippen LogP contribution in [0.25, 0.3) is 0 Å². The fraction of sp³-hybridized carbons (Fsp3) is 0.667. The molecular formula is C15H25N9. The number of nitrogens with zero attached hydrogens (tertiary/aromatic N) is 6. The van der Waals surface area contributed by atoms with Crippen LogP contribution in [-0.4, -0.2) is 49.3 Å². The summed E-state index contributed by atoms with van der Waals surface area (Å²) in [6.07, 6.45) is 3.45. The monoisotopic (exact) mass is 331 g/mol. The van der Waals surface area contributed by atoms with Crippen LogP contribution in [0, 0.1) is 0 Å². The number of aromatic nitrogens is 6. The Morgan fingerprint density at radius 3 is 2.62 bits per heavy atom. The number of aromatic amines is 1. The molecule has 3 rings (SSSR count). The maximum atomic E-state index is 5.95. The molecule has 1 aliphatic heterocycles. The third-order valence-corrected chi connectivity index (χ3v) is 4.17. The normalized spacial score (nSPS) is 17.3. The number of anilines is 2. The highest BCUT2D eigenvalue weighted by Crippen LogP contribution is 2.18. The van der Waals surface area contributed by atoms with Crippen molar-refractivity contribution in [3.8, 4) is 0 Å². The third-order valence-electron chi connectivity index (χ3n) is 4.17. The average Bonchev–Trinajstić information content (AvgIpc) is 3.06. The van der Waals surface area contributed by atoms with Gasteiger partial charge in [0.05, 0.1) is 6.04 Å². The summed E-state index contributed by atoms with van der Waals surface area (Å²) in [6.45, 7) is 7.87. The Labute approximate surface area is 141 Å². The Kier molecular flexibility index (Phi) is 4.89. The second kappa shape index (κ2) is 7.08. The largest absolute Gasteiger partial charge is 0.344 e. The Bertz CT molecular complexity index is 660. The SMILES string of the molecule is CC(C)c1n[nH]c(C(C)Nc2ncnc(N3CCC(N)CC3)n2)n1. The smallest absolute Gasteiger partial charge is 0.230 e. The van der Waals surface area contributed by atoms with E-state index in [9.17, 15) is 0 Å². The van der Waals surface area contributed by atoms with Gasteiger partial charge in [-0.25, -0.2) is 15.0 Å². The van der Waals surface area contributed by atoms with Crippen molar-refractivity contribution in [2.75, 3.05) is 23.3 Å². The van der Waals surface area contributed by atoms with Crippen molar-refractivity contribution in [3.63, 3.8) is 0 Å². The second-order valence-electron chi connectivity index (χ2n) is 6.53. The van der Waals surface area contributed by atoms with Crippen molar-refractivity contribution in [1.29, 1.82) is 0 Å². The van der Waals surface area contributed by atoms with Crippen molar-refractivity contribution in [2.24, 2.45) is 5.73 Å². The van der Waals surface area contributed by atoms with Gasteiger partial charge in [0.2, 0.25) is 11.9 Å². The molecule has 1 atom stereocenters. The van der Waals surface area contributed by atoms with Gasteiger partial charge in [0.25, 0.3) is 0 Å². The van der Waals surface area contributed by atoms with E-state index in [2.05, 4.69) is 54.2 Å². The highest BCUT2D eigenvalue weighted by molar-refractivity contribution is 5.37. The first-order valence-corrected chi connectivity index (χ1v) is 8.41. The second-order valence-corrected chi connectivity index (χ2v) is 6.53. The summed E-state index contributed by atoms with van der Waals surface area (Å²) >= 11 is 0. The van der Waals surface area contributed by atoms with Crippen LogP contribution in [0.4, 0.5) is 11.9 Å². The molecule has 3 heterocycles. The molecule has 2 aromatic rings. The topological polar surface area (TPSA) is 122 Å². The van der Waals surface area contributed by atoms with E-state index in [-0.39, 0.29) is 18.0 Å². The maximum absolute atomic E-state index is 5.95. The number of nitrogens with two attached hydrogens (primary N) is 1. The minimum absolute atomic E-state index is 0.0740. The molecule has 24 heavy (non-hydrogen) atoms. The predicted octanol–water partition coefficient (Wildman–Crippen LogP) is 1.21. The molecule has 2 aromatic heterocycles. The summed E-state index contributed by atoms with van der Waals surface area (Å²) in [5.41, 5.74) is 5.95. The average molecular weight is 331 g/mol. The first-order valence-electron chi connectivity index (χ1n) is 8.41. The lowest BCUT2D eigenvalue weighted by Crippen LogP contribution is -2.40. The van der Waals surface area contributed by atoms with E-state index in [1.807, 2.05) is 6.92 Å². The summed E-state index contributed by atoms with van der Waals surface area (Å²) in [5.74, 6) is 3.08. The van der Waals surface area contributed by atoms with Crippen LogP contribution >= 0.6 is 0 Å². The zero-order valence-corrected chi connectivity index (χ0v) is 14.4. The zero-order chi connectivity index (χ0) is 17.1. The van der Waals surface area contributed by atoms with E-state index in [0.717, 1.165) is 37.6 Å². The minimum Gasteiger partial charge on any atom is -0.344 e. The van der Waals surface area contributed by atoms with E-state index in [4.69, 9.17) is 5.73 Å². The first-order chi connectivity index (χ1) is 11.5. The van der Waals surface area contributed by atoms with Crippen LogP contribution < -0.4 is 16.0 Å². The van der Waals surface area contributed by atoms with E-state index in [1.54, 1.807) is 0 Å². The first kappa shape index (κ1) is 16.6. The quantitative estimate of drug-likeness (QED) is 0.747. The van der Waals surface area contributed by atoms with Crippen molar-refractivity contribution in [2.45, 2.75) is 51.6 Å². The van der Waals surface area contributed by atoms with Crippen molar-refractivity contribution >= 4 is 11.9 Å². The van der Waals surface area contributed by atoms with Gasteiger partial charge in [-0.2, -0.15) is 10.1 Å². The summed E-state index contributed by atoms with van der Waals surface area (Å²) in [7, 11) is 0. The van der Waals surface area contributed by atoms with Gasteiger partial charge in [-0.3, -0.25) is 5.10 Å². The number of rotatable bonds is 5. The third kappa shape index (κ3) is 3.78. The van der Waals surface area contributed by atoms with Crippen LogP contribution in [0.3, 0.4) is 0 Å². The summed E-state index contributed by atoms with van der Waals surface area (Å²) in [4.78, 5) is 19.7. The Morgan fingerprint density at radius 2 is 1.96 bits per heavy atom. The molecule has 0 spiro atoms. The molecule has 0 saturated carbocycles. The minimum atomic E-state index is -0.0740. The number of piperidine rings is 1. The molecule has 1 saturated heterocycles. The van der Waals surface area contributed by atoms with Gasteiger partial charge >= 0.3 is 0 Å². The van der Waals surface area contributed by atoms with Crippen molar-refractivity contribution in [1.82, 2.24) is 30.1 Å². The van der Waals surface area contributed by atoms with E-state index in [1.165, 1.54) is 6.33 Å². The van der Waals surface area contributed by atoms with Crippen LogP contribution in [0.15, 0.2) is 6.33 Å². The van der Waals surface area contributed by atoms with Gasteiger partial charge in [-0.1, -0.05) is 13.8 Å². The molecule has 9 nitrogen and oxygen atoms in total. The molecule has 0 aliphatic carbocycles. The van der Waals surface area contributed by atoms with Gasteiger partial charge in [0, 0.05) is 25.0 Å². The van der Waals surface area contributed by atoms with Gasteiger partial charge in [0.15, 0.2) is 5.82 Å². The fourth-order valence-electron chi connectivity index (χ4n) is 2.61. The standard InChI is InChI=1S/C15H25N9/c1-9(2)12-20-13(23-22-12)10(3)19-14-17-8-18-15(21-14)24-6-4-11(16)5-7-24/h8-11H,4-7,16H2,1-3H3,(H,20,22,23)(H,17,18,19,21). The molecule has 0 amide bonds. The molecule has 130 valence electrons. The van der Waals surface area contributed by atoms with Crippen LogP contribution in [0.2, 0.25) is 0 Å². The fourth-order valence-corrected chi connectivity index (χ4v) is 2.61.